The van der Waals surface area contributed by atoms with Gasteiger partial charge in [-0.25, -0.2) is 0 Å². The maximum Gasteiger partial charge on any atom is 0.241 e. The number of nitrogens with zero attached hydrogens (tertiary/aromatic N) is 3. The van der Waals surface area contributed by atoms with E-state index in [1.165, 1.54) is 35.3 Å². The molecule has 1 N–H and O–H groups in total. The number of rotatable bonds is 4. The van der Waals surface area contributed by atoms with Gasteiger partial charge in [-0.2, -0.15) is 0 Å². The fraction of sp³-hybridized carbons (Fsp3) is 0.464. The van der Waals surface area contributed by atoms with Crippen LogP contribution in [-0.4, -0.2) is 60.1 Å². The molecule has 1 atom stereocenters. The molecule has 1 amide bonds. The minimum atomic E-state index is -0.257. The monoisotopic (exact) mass is 476 g/mol. The number of likely N-dealkylation sites (tertiary alicyclic amines) is 1. The first-order chi connectivity index (χ1) is 16.6. The van der Waals surface area contributed by atoms with Crippen molar-refractivity contribution in [1.82, 2.24) is 15.1 Å². The highest BCUT2D eigenvalue weighted by molar-refractivity contribution is 6.31. The summed E-state index contributed by atoms with van der Waals surface area (Å²) in [5.74, 6) is 0.279. The summed E-state index contributed by atoms with van der Waals surface area (Å²) in [5, 5.41) is 4.06. The summed E-state index contributed by atoms with van der Waals surface area (Å²) in [5.41, 5.74) is 4.58. The molecule has 1 spiro atoms. The van der Waals surface area contributed by atoms with Crippen LogP contribution in [0.3, 0.4) is 0 Å². The zero-order chi connectivity index (χ0) is 23.1. The van der Waals surface area contributed by atoms with Crippen LogP contribution in [0.25, 0.3) is 12.2 Å². The molecule has 4 aliphatic rings. The molecule has 34 heavy (non-hydrogen) atoms. The van der Waals surface area contributed by atoms with E-state index >= 15 is 0 Å². The first-order valence-electron chi connectivity index (χ1n) is 12.8. The maximum atomic E-state index is 12.9. The van der Waals surface area contributed by atoms with Crippen molar-refractivity contribution in [2.24, 2.45) is 0 Å². The predicted octanol–water partition coefficient (Wildman–Crippen LogP) is 5.13. The Labute approximate surface area is 207 Å². The number of fused-ring (bicyclic) bond motifs is 4. The van der Waals surface area contributed by atoms with Crippen molar-refractivity contribution >= 4 is 41.0 Å². The normalized spacial score (nSPS) is 23.9. The number of halogens is 1. The Morgan fingerprint density at radius 2 is 1.74 bits per heavy atom. The SMILES string of the molecule is O=C1NC2CCCCN2C12CCN(CCCN1c3ccccc3C=Cc3ccc(Cl)cc31)CC2. The van der Waals surface area contributed by atoms with Gasteiger partial charge in [0.2, 0.25) is 5.91 Å². The van der Waals surface area contributed by atoms with Crippen molar-refractivity contribution in [1.29, 1.82) is 0 Å². The lowest BCUT2D eigenvalue weighted by Gasteiger charge is -2.45. The fourth-order valence-electron chi connectivity index (χ4n) is 6.44. The van der Waals surface area contributed by atoms with Crippen molar-refractivity contribution in [2.45, 2.75) is 50.2 Å². The summed E-state index contributed by atoms with van der Waals surface area (Å²) in [6.45, 7) is 5.04. The molecule has 2 aromatic rings. The molecule has 3 saturated heterocycles. The topological polar surface area (TPSA) is 38.8 Å². The second kappa shape index (κ2) is 9.03. The molecule has 6 heteroatoms. The number of benzene rings is 2. The summed E-state index contributed by atoms with van der Waals surface area (Å²) >= 11 is 6.40. The molecule has 4 heterocycles. The van der Waals surface area contributed by atoms with Crippen molar-refractivity contribution in [3.63, 3.8) is 0 Å². The Morgan fingerprint density at radius 3 is 2.59 bits per heavy atom. The number of para-hydroxylation sites is 1. The van der Waals surface area contributed by atoms with Crippen molar-refractivity contribution < 1.29 is 4.79 Å². The summed E-state index contributed by atoms with van der Waals surface area (Å²) in [7, 11) is 0. The number of anilines is 2. The average Bonchev–Trinajstić information content (AvgIpc) is 3.03. The summed E-state index contributed by atoms with van der Waals surface area (Å²) in [4.78, 5) is 20.4. The Kier molecular flexibility index (Phi) is 5.88. The van der Waals surface area contributed by atoms with E-state index in [0.29, 0.717) is 0 Å². The zero-order valence-electron chi connectivity index (χ0n) is 19.7. The third-order valence-corrected chi connectivity index (χ3v) is 8.50. The second-order valence-corrected chi connectivity index (χ2v) is 10.6. The van der Waals surface area contributed by atoms with E-state index in [0.717, 1.165) is 63.4 Å². The lowest BCUT2D eigenvalue weighted by molar-refractivity contribution is -0.129. The predicted molar refractivity (Wildman–Crippen MR) is 139 cm³/mol. The van der Waals surface area contributed by atoms with Crippen LogP contribution in [0.15, 0.2) is 42.5 Å². The van der Waals surface area contributed by atoms with Gasteiger partial charge >= 0.3 is 0 Å². The number of hydrogen-bond acceptors (Lipinski definition) is 4. The van der Waals surface area contributed by atoms with Gasteiger partial charge < -0.3 is 15.1 Å². The van der Waals surface area contributed by atoms with Gasteiger partial charge in [-0.05, 0) is 74.4 Å². The largest absolute Gasteiger partial charge is 0.340 e. The highest BCUT2D eigenvalue weighted by Gasteiger charge is 2.54. The molecule has 3 fully saturated rings. The molecule has 0 bridgehead atoms. The third-order valence-electron chi connectivity index (χ3n) is 8.27. The number of piperidine rings is 2. The van der Waals surface area contributed by atoms with Crippen LogP contribution >= 0.6 is 11.6 Å². The van der Waals surface area contributed by atoms with E-state index in [9.17, 15) is 4.79 Å². The van der Waals surface area contributed by atoms with Gasteiger partial charge in [0.1, 0.15) is 5.54 Å². The molecule has 1 unspecified atom stereocenters. The van der Waals surface area contributed by atoms with Crippen molar-refractivity contribution in [3.8, 4) is 0 Å². The molecular formula is C28H33ClN4O. The lowest BCUT2D eigenvalue weighted by atomic mass is 9.85. The molecule has 178 valence electrons. The minimum Gasteiger partial charge on any atom is -0.340 e. The van der Waals surface area contributed by atoms with E-state index in [-0.39, 0.29) is 17.6 Å². The Morgan fingerprint density at radius 1 is 0.941 bits per heavy atom. The van der Waals surface area contributed by atoms with Gasteiger partial charge in [-0.1, -0.05) is 48.0 Å². The molecule has 5 nitrogen and oxygen atoms in total. The van der Waals surface area contributed by atoms with Crippen LogP contribution in [0.2, 0.25) is 5.02 Å². The molecule has 6 rings (SSSR count). The molecule has 0 saturated carbocycles. The smallest absolute Gasteiger partial charge is 0.241 e. The standard InChI is InChI=1S/C28H33ClN4O/c29-23-12-11-22-10-9-21-6-1-2-7-24(21)32(25(22)20-23)16-5-15-31-18-13-28(14-19-31)27(34)30-26-8-3-4-17-33(26)28/h1-2,6-7,9-12,20,26H,3-5,8,13-19H2,(H,30,34). The van der Waals surface area contributed by atoms with Crippen LogP contribution < -0.4 is 10.2 Å². The maximum absolute atomic E-state index is 12.9. The molecule has 0 radical (unpaired) electrons. The number of amides is 1. The first-order valence-corrected chi connectivity index (χ1v) is 13.2. The van der Waals surface area contributed by atoms with Crippen molar-refractivity contribution in [2.75, 3.05) is 37.6 Å². The van der Waals surface area contributed by atoms with E-state index in [2.05, 4.69) is 68.6 Å². The van der Waals surface area contributed by atoms with Gasteiger partial charge in [0.25, 0.3) is 0 Å². The van der Waals surface area contributed by atoms with Crippen LogP contribution in [0, 0.1) is 0 Å². The van der Waals surface area contributed by atoms with Gasteiger partial charge in [0.15, 0.2) is 0 Å². The minimum absolute atomic E-state index is 0.257. The van der Waals surface area contributed by atoms with E-state index in [4.69, 9.17) is 11.6 Å². The first kappa shape index (κ1) is 22.1. The highest BCUT2D eigenvalue weighted by Crippen LogP contribution is 2.39. The van der Waals surface area contributed by atoms with Crippen molar-refractivity contribution in [3.05, 3.63) is 58.6 Å². The van der Waals surface area contributed by atoms with Crippen LogP contribution in [0.1, 0.15) is 49.7 Å². The second-order valence-electron chi connectivity index (χ2n) is 10.2. The summed E-state index contributed by atoms with van der Waals surface area (Å²) in [6.07, 6.45) is 11.2. The summed E-state index contributed by atoms with van der Waals surface area (Å²) < 4.78 is 0. The fourth-order valence-corrected chi connectivity index (χ4v) is 6.61. The Bertz CT molecular complexity index is 1110. The van der Waals surface area contributed by atoms with E-state index < -0.39 is 0 Å². The van der Waals surface area contributed by atoms with Gasteiger partial charge in [-0.3, -0.25) is 9.69 Å². The number of hydrogen-bond donors (Lipinski definition) is 1. The van der Waals surface area contributed by atoms with Gasteiger partial charge in [0.05, 0.1) is 6.17 Å². The highest BCUT2D eigenvalue weighted by atomic mass is 35.5. The van der Waals surface area contributed by atoms with Crippen LogP contribution in [0.5, 0.6) is 0 Å². The Balaban J connectivity index is 1.12. The summed E-state index contributed by atoms with van der Waals surface area (Å²) in [6, 6.07) is 14.7. The van der Waals surface area contributed by atoms with Gasteiger partial charge in [-0.15, -0.1) is 0 Å². The lowest BCUT2D eigenvalue weighted by Crippen LogP contribution is -2.58. The Hall–Kier alpha value is -2.34. The average molecular weight is 477 g/mol. The number of nitrogens with one attached hydrogen (secondary N) is 1. The molecule has 4 aliphatic heterocycles. The molecular weight excluding hydrogens is 444 g/mol. The zero-order valence-corrected chi connectivity index (χ0v) is 20.4. The molecule has 2 aromatic carbocycles. The molecule has 0 aliphatic carbocycles. The van der Waals surface area contributed by atoms with E-state index in [1.807, 2.05) is 6.07 Å². The number of carbonyl (C=O) groups excluding carboxylic acids is 1. The van der Waals surface area contributed by atoms with E-state index in [1.54, 1.807) is 0 Å². The van der Waals surface area contributed by atoms with Gasteiger partial charge in [0, 0.05) is 42.6 Å². The number of carbonyl (C=O) groups is 1. The molecule has 0 aromatic heterocycles. The third kappa shape index (κ3) is 3.84. The van der Waals surface area contributed by atoms with Crippen LogP contribution in [0.4, 0.5) is 11.4 Å². The van der Waals surface area contributed by atoms with Crippen LogP contribution in [-0.2, 0) is 4.79 Å². The quantitative estimate of drug-likeness (QED) is 0.664.